The monoisotopic (exact) mass is 882 g/mol. The first kappa shape index (κ1) is 40.8. The Hall–Kier alpha value is -3.39. The van der Waals surface area contributed by atoms with Gasteiger partial charge in [-0.05, 0) is 190 Å². The van der Waals surface area contributed by atoms with Gasteiger partial charge in [-0.3, -0.25) is 24.0 Å². The van der Waals surface area contributed by atoms with Gasteiger partial charge in [0.1, 0.15) is 12.2 Å². The van der Waals surface area contributed by atoms with E-state index < -0.39 is 41.3 Å². The van der Waals surface area contributed by atoms with Gasteiger partial charge in [0.15, 0.2) is 0 Å². The fourth-order valence-corrected chi connectivity index (χ4v) is 18.2. The number of hydrogen-bond donors (Lipinski definition) is 2. The molecule has 0 aromatic carbocycles. The van der Waals surface area contributed by atoms with Crippen molar-refractivity contribution in [1.29, 1.82) is 0 Å². The molecule has 7 aliphatic heterocycles. The molecule has 10 fully saturated rings. The number of aliphatic hydroxyl groups excluding tert-OH is 1. The first-order valence-corrected chi connectivity index (χ1v) is 24.7. The normalized spacial score (nSPS) is 50.2. The molecular formula is C51H62O13. The summed E-state index contributed by atoms with van der Waals surface area (Å²) in [6.45, 7) is 9.63. The van der Waals surface area contributed by atoms with Crippen molar-refractivity contribution in [3.63, 3.8) is 0 Å². The molecule has 2 N–H and O–H groups in total. The molecule has 13 aliphatic rings. The highest BCUT2D eigenvalue weighted by atomic mass is 16.6. The van der Waals surface area contributed by atoms with Crippen LogP contribution in [0.25, 0.3) is 0 Å². The van der Waals surface area contributed by atoms with Crippen LogP contribution in [0.2, 0.25) is 0 Å². The lowest BCUT2D eigenvalue weighted by molar-refractivity contribution is -0.163. The van der Waals surface area contributed by atoms with Crippen LogP contribution in [0.1, 0.15) is 92.4 Å². The molecule has 6 saturated carbocycles. The van der Waals surface area contributed by atoms with Crippen LogP contribution in [-0.2, 0) is 52.4 Å². The average molecular weight is 883 g/mol. The van der Waals surface area contributed by atoms with Gasteiger partial charge in [-0.25, -0.2) is 0 Å². The van der Waals surface area contributed by atoms with Crippen molar-refractivity contribution in [3.05, 3.63) is 33.4 Å². The molecule has 0 spiro atoms. The standard InChI is InChI=1S/C51H62O13/c1-17-22(41-38-26-9-20(34(38)40(17)60-41)13-33(26)50(58)64-51(3,4)5)14-27-30(45-39-25-10-21(36(39)42(27)61-45)12-32(25)48(56)59-7-6-52)16-29-28(15-23-18(2)47(55)63-49(23)57)44-37-24-8-19(11-31(24)46(53)54)35(37)43(29)62-44/h18-21,23-26,31-45,52H,6-16H2,1-5H3,(H,53,54). The zero-order chi connectivity index (χ0) is 44.2. The second-order valence-electron chi connectivity index (χ2n) is 23.7. The quantitative estimate of drug-likeness (QED) is 0.117. The van der Waals surface area contributed by atoms with Crippen LogP contribution in [0.3, 0.4) is 0 Å². The first-order chi connectivity index (χ1) is 30.6. The number of hydrogen-bond acceptors (Lipinski definition) is 12. The van der Waals surface area contributed by atoms with E-state index in [0.717, 1.165) is 44.1 Å². The zero-order valence-corrected chi connectivity index (χ0v) is 37.4. The maximum atomic E-state index is 13.6. The molecule has 23 atom stereocenters. The highest BCUT2D eigenvalue weighted by molar-refractivity contribution is 5.96. The molecule has 0 amide bonds. The summed E-state index contributed by atoms with van der Waals surface area (Å²) in [6.07, 6.45) is 6.05. The topological polar surface area (TPSA) is 181 Å². The van der Waals surface area contributed by atoms with Gasteiger partial charge in [0, 0.05) is 0 Å². The van der Waals surface area contributed by atoms with E-state index in [1.807, 2.05) is 20.8 Å². The lowest BCUT2D eigenvalue weighted by Gasteiger charge is -2.40. The Bertz CT molecular complexity index is 2250. The van der Waals surface area contributed by atoms with Crippen molar-refractivity contribution in [1.82, 2.24) is 0 Å². The molecule has 13 rings (SSSR count). The summed E-state index contributed by atoms with van der Waals surface area (Å²) in [6, 6.07) is 0. The van der Waals surface area contributed by atoms with Crippen LogP contribution in [0.4, 0.5) is 0 Å². The third kappa shape index (κ3) is 5.41. The number of esters is 4. The minimum absolute atomic E-state index is 0.00516. The first-order valence-electron chi connectivity index (χ1n) is 24.7. The number of rotatable bonds is 11. The fraction of sp³-hybridized carbons (Fsp3) is 0.784. The van der Waals surface area contributed by atoms with Crippen molar-refractivity contribution in [3.8, 4) is 0 Å². The molecule has 13 nitrogen and oxygen atoms in total. The summed E-state index contributed by atoms with van der Waals surface area (Å²) in [5, 5.41) is 19.7. The summed E-state index contributed by atoms with van der Waals surface area (Å²) in [7, 11) is 0. The molecule has 344 valence electrons. The summed E-state index contributed by atoms with van der Waals surface area (Å²) >= 11 is 0. The maximum absolute atomic E-state index is 13.6. The average Bonchev–Trinajstić information content (AvgIpc) is 4.07. The van der Waals surface area contributed by atoms with E-state index in [-0.39, 0.29) is 127 Å². The minimum Gasteiger partial charge on any atom is -0.481 e. The zero-order valence-electron chi connectivity index (χ0n) is 37.4. The molecule has 0 aromatic rings. The summed E-state index contributed by atoms with van der Waals surface area (Å²) in [4.78, 5) is 65.6. The SMILES string of the molecule is CC1=C(CC2=C(CC3=C(CC4C(=O)OC(=O)C4C)C4OC3C3C5CC(C(=O)O)C(C5)C43)C3OC2C2C4CC(C(=O)OCCO)C(C4)C32)C2OC1C1C3CC(C(=O)OC(C)(C)C)C(C3)C21. The molecule has 7 heterocycles. The fourth-order valence-electron chi connectivity index (χ4n) is 18.2. The molecule has 13 heteroatoms. The number of carboxylic acids is 1. The van der Waals surface area contributed by atoms with Crippen LogP contribution in [0.15, 0.2) is 33.4 Å². The van der Waals surface area contributed by atoms with Crippen molar-refractivity contribution < 1.29 is 62.6 Å². The third-order valence-electron chi connectivity index (χ3n) is 20.2. The number of carboxylic acid groups (broad SMARTS) is 1. The van der Waals surface area contributed by atoms with Gasteiger partial charge in [0.25, 0.3) is 0 Å². The number of aliphatic hydroxyl groups is 1. The van der Waals surface area contributed by atoms with Crippen molar-refractivity contribution in [2.45, 2.75) is 135 Å². The highest BCUT2D eigenvalue weighted by Crippen LogP contribution is 2.71. The van der Waals surface area contributed by atoms with Crippen LogP contribution in [0.5, 0.6) is 0 Å². The van der Waals surface area contributed by atoms with Crippen molar-refractivity contribution in [2.24, 2.45) is 101 Å². The number of ether oxygens (including phenoxy) is 6. The lowest BCUT2D eigenvalue weighted by Crippen LogP contribution is -2.42. The Balaban J connectivity index is 0.877. The second-order valence-corrected chi connectivity index (χ2v) is 23.7. The smallest absolute Gasteiger partial charge is 0.317 e. The number of fused-ring (bicyclic) bond motifs is 27. The second kappa shape index (κ2) is 13.8. The van der Waals surface area contributed by atoms with E-state index in [1.54, 1.807) is 6.92 Å². The van der Waals surface area contributed by atoms with Gasteiger partial charge >= 0.3 is 29.8 Å². The van der Waals surface area contributed by atoms with Crippen molar-refractivity contribution >= 4 is 29.8 Å². The Labute approximate surface area is 373 Å². The molecule has 4 saturated heterocycles. The van der Waals surface area contributed by atoms with Gasteiger partial charge in [-0.1, -0.05) is 6.92 Å². The maximum Gasteiger partial charge on any atom is 0.317 e. The molecular weight excluding hydrogens is 821 g/mol. The predicted octanol–water partition coefficient (Wildman–Crippen LogP) is 5.37. The van der Waals surface area contributed by atoms with E-state index in [0.29, 0.717) is 37.0 Å². The number of cyclic esters (lactones) is 2. The van der Waals surface area contributed by atoms with E-state index in [9.17, 15) is 34.2 Å². The Morgan fingerprint density at radius 1 is 0.625 bits per heavy atom. The molecule has 0 radical (unpaired) electrons. The van der Waals surface area contributed by atoms with Gasteiger partial charge in [-0.15, -0.1) is 0 Å². The Morgan fingerprint density at radius 2 is 1.09 bits per heavy atom. The molecule has 64 heavy (non-hydrogen) atoms. The third-order valence-corrected chi connectivity index (χ3v) is 20.2. The van der Waals surface area contributed by atoms with Gasteiger partial charge in [0.05, 0.1) is 72.8 Å². The summed E-state index contributed by atoms with van der Waals surface area (Å²) in [5.74, 6) is -1.18. The minimum atomic E-state index is -0.739. The summed E-state index contributed by atoms with van der Waals surface area (Å²) < 4.78 is 38.0. The predicted molar refractivity (Wildman–Crippen MR) is 222 cm³/mol. The van der Waals surface area contributed by atoms with E-state index in [2.05, 4.69) is 6.92 Å². The number of aliphatic carboxylic acids is 1. The number of carbonyl (C=O) groups excluding carboxylic acids is 4. The van der Waals surface area contributed by atoms with E-state index >= 15 is 0 Å². The van der Waals surface area contributed by atoms with Crippen LogP contribution in [-0.4, -0.2) is 95.5 Å². The molecule has 0 aromatic heterocycles. The van der Waals surface area contributed by atoms with Crippen molar-refractivity contribution in [2.75, 3.05) is 13.2 Å². The van der Waals surface area contributed by atoms with E-state index in [4.69, 9.17) is 28.4 Å². The Kier molecular flexibility index (Phi) is 8.84. The van der Waals surface area contributed by atoms with Crippen LogP contribution >= 0.6 is 0 Å². The van der Waals surface area contributed by atoms with Crippen LogP contribution < -0.4 is 0 Å². The van der Waals surface area contributed by atoms with Gasteiger partial charge in [-0.2, -0.15) is 0 Å². The molecule has 23 unspecified atom stereocenters. The van der Waals surface area contributed by atoms with E-state index in [1.165, 1.54) is 27.9 Å². The Morgan fingerprint density at radius 3 is 1.64 bits per heavy atom. The molecule has 12 bridgehead atoms. The molecule has 6 aliphatic carbocycles. The van der Waals surface area contributed by atoms with Crippen LogP contribution in [0, 0.1) is 101 Å². The van der Waals surface area contributed by atoms with Gasteiger partial charge in [0.2, 0.25) is 0 Å². The van der Waals surface area contributed by atoms with Gasteiger partial charge < -0.3 is 38.6 Å². The lowest BCUT2D eigenvalue weighted by atomic mass is 9.61. The highest BCUT2D eigenvalue weighted by Gasteiger charge is 2.71. The number of carbonyl (C=O) groups is 5. The summed E-state index contributed by atoms with van der Waals surface area (Å²) in [5.41, 5.74) is 6.93. The largest absolute Gasteiger partial charge is 0.481 e.